The second-order valence-corrected chi connectivity index (χ2v) is 5.59. The van der Waals surface area contributed by atoms with E-state index in [9.17, 15) is 9.59 Å². The van der Waals surface area contributed by atoms with Crippen LogP contribution in [0.15, 0.2) is 36.7 Å². The van der Waals surface area contributed by atoms with Gasteiger partial charge in [-0.25, -0.2) is 0 Å². The lowest BCUT2D eigenvalue weighted by Gasteiger charge is -2.13. The van der Waals surface area contributed by atoms with Gasteiger partial charge < -0.3 is 19.9 Å². The van der Waals surface area contributed by atoms with Crippen molar-refractivity contribution in [1.82, 2.24) is 25.4 Å². The van der Waals surface area contributed by atoms with E-state index in [4.69, 9.17) is 4.74 Å². The number of nitrogens with zero attached hydrogens (tertiary/aromatic N) is 3. The predicted molar refractivity (Wildman–Crippen MR) is 97.2 cm³/mol. The number of nitrogens with one attached hydrogen (secondary N) is 2. The summed E-state index contributed by atoms with van der Waals surface area (Å²) in [6.07, 6.45) is 4.67. The number of benzene rings is 1. The second kappa shape index (κ2) is 9.36. The minimum atomic E-state index is -0.666. The van der Waals surface area contributed by atoms with Crippen LogP contribution in [0.2, 0.25) is 0 Å². The molecule has 2 N–H and O–H groups in total. The van der Waals surface area contributed by atoms with Crippen molar-refractivity contribution in [2.24, 2.45) is 0 Å². The molecule has 1 heterocycles. The third kappa shape index (κ3) is 5.44. The molecule has 2 aromatic rings. The summed E-state index contributed by atoms with van der Waals surface area (Å²) < 4.78 is 6.91. The van der Waals surface area contributed by atoms with E-state index in [2.05, 4.69) is 20.8 Å². The Morgan fingerprint density at radius 3 is 2.69 bits per heavy atom. The van der Waals surface area contributed by atoms with Gasteiger partial charge in [-0.1, -0.05) is 12.1 Å². The molecule has 2 rings (SSSR count). The highest BCUT2D eigenvalue weighted by molar-refractivity contribution is 5.95. The number of methoxy groups -OCH3 is 1. The van der Waals surface area contributed by atoms with Crippen molar-refractivity contribution < 1.29 is 14.3 Å². The predicted octanol–water partition coefficient (Wildman–Crippen LogP) is 1.14. The first-order valence-corrected chi connectivity index (χ1v) is 8.30. The molecule has 0 aliphatic rings. The van der Waals surface area contributed by atoms with Crippen LogP contribution < -0.4 is 15.4 Å². The fraction of sp³-hybridized carbons (Fsp3) is 0.333. The fourth-order valence-corrected chi connectivity index (χ4v) is 2.21. The summed E-state index contributed by atoms with van der Waals surface area (Å²) in [6, 6.07) is 6.62. The van der Waals surface area contributed by atoms with E-state index in [1.54, 1.807) is 26.4 Å². The van der Waals surface area contributed by atoms with E-state index in [0.717, 1.165) is 17.9 Å². The minimum Gasteiger partial charge on any atom is -0.497 e. The lowest BCUT2D eigenvalue weighted by molar-refractivity contribution is -0.126. The number of aryl methyl sites for hydroxylation is 1. The van der Waals surface area contributed by atoms with Crippen molar-refractivity contribution in [1.29, 1.82) is 0 Å². The van der Waals surface area contributed by atoms with E-state index in [0.29, 0.717) is 5.82 Å². The molecule has 0 bridgehead atoms. The normalized spacial score (nSPS) is 12.0. The summed E-state index contributed by atoms with van der Waals surface area (Å²) in [4.78, 5) is 24.1. The smallest absolute Gasteiger partial charge is 0.244 e. The molecule has 138 valence electrons. The standard InChI is InChI=1S/C18H23N5O3/c1-4-23-12-20-22-16(23)11-19-18(25)13(2)21-17(24)10-7-14-5-8-15(26-3)9-6-14/h5-10,12-13H,4,11H2,1-3H3,(H,19,25)(H,21,24)/b10-7+. The summed E-state index contributed by atoms with van der Waals surface area (Å²) in [5.74, 6) is 0.775. The molecular weight excluding hydrogens is 334 g/mol. The highest BCUT2D eigenvalue weighted by atomic mass is 16.5. The number of hydrogen-bond donors (Lipinski definition) is 2. The number of ether oxygens (including phenoxy) is 1. The van der Waals surface area contributed by atoms with Gasteiger partial charge in [0, 0.05) is 12.6 Å². The summed E-state index contributed by atoms with van der Waals surface area (Å²) in [5, 5.41) is 13.1. The molecule has 2 amide bonds. The second-order valence-electron chi connectivity index (χ2n) is 5.59. The fourth-order valence-electron chi connectivity index (χ4n) is 2.21. The first kappa shape index (κ1) is 19.2. The van der Waals surface area contributed by atoms with Crippen molar-refractivity contribution >= 4 is 17.9 Å². The van der Waals surface area contributed by atoms with E-state index in [1.807, 2.05) is 35.8 Å². The molecule has 1 unspecified atom stereocenters. The molecule has 8 heteroatoms. The molecule has 0 aliphatic carbocycles. The van der Waals surface area contributed by atoms with Crippen LogP contribution in [0.3, 0.4) is 0 Å². The van der Waals surface area contributed by atoms with Crippen LogP contribution in [-0.4, -0.2) is 39.7 Å². The molecule has 0 saturated carbocycles. The minimum absolute atomic E-state index is 0.259. The van der Waals surface area contributed by atoms with E-state index >= 15 is 0 Å². The van der Waals surface area contributed by atoms with E-state index in [-0.39, 0.29) is 18.4 Å². The first-order chi connectivity index (χ1) is 12.5. The number of hydrogen-bond acceptors (Lipinski definition) is 5. The van der Waals surface area contributed by atoms with Crippen LogP contribution in [0.5, 0.6) is 5.75 Å². The Balaban J connectivity index is 1.81. The Kier molecular flexibility index (Phi) is 6.90. The molecule has 0 aliphatic heterocycles. The van der Waals surface area contributed by atoms with Crippen LogP contribution in [0.1, 0.15) is 25.2 Å². The average molecular weight is 357 g/mol. The van der Waals surface area contributed by atoms with Gasteiger partial charge in [-0.05, 0) is 37.6 Å². The van der Waals surface area contributed by atoms with Crippen molar-refractivity contribution in [3.63, 3.8) is 0 Å². The lowest BCUT2D eigenvalue weighted by atomic mass is 10.2. The number of rotatable bonds is 8. The molecule has 1 atom stereocenters. The van der Waals surface area contributed by atoms with Gasteiger partial charge in [0.15, 0.2) is 5.82 Å². The number of carbonyl (C=O) groups excluding carboxylic acids is 2. The summed E-state index contributed by atoms with van der Waals surface area (Å²) in [7, 11) is 1.59. The number of carbonyl (C=O) groups is 2. The zero-order valence-electron chi connectivity index (χ0n) is 15.1. The summed E-state index contributed by atoms with van der Waals surface area (Å²) in [6.45, 7) is 4.57. The van der Waals surface area contributed by atoms with Crippen molar-refractivity contribution in [3.05, 3.63) is 48.1 Å². The Morgan fingerprint density at radius 1 is 1.31 bits per heavy atom. The largest absolute Gasteiger partial charge is 0.497 e. The monoisotopic (exact) mass is 357 g/mol. The van der Waals surface area contributed by atoms with Gasteiger partial charge in [-0.2, -0.15) is 0 Å². The Hall–Kier alpha value is -3.16. The maximum absolute atomic E-state index is 12.1. The van der Waals surface area contributed by atoms with Gasteiger partial charge in [-0.3, -0.25) is 9.59 Å². The van der Waals surface area contributed by atoms with Gasteiger partial charge in [-0.15, -0.1) is 10.2 Å². The maximum atomic E-state index is 12.1. The summed E-state index contributed by atoms with van der Waals surface area (Å²) in [5.41, 5.74) is 0.858. The van der Waals surface area contributed by atoms with Gasteiger partial charge in [0.2, 0.25) is 11.8 Å². The van der Waals surface area contributed by atoms with E-state index in [1.165, 1.54) is 6.08 Å². The van der Waals surface area contributed by atoms with Crippen LogP contribution in [0, 0.1) is 0 Å². The SMILES string of the molecule is CCn1cnnc1CNC(=O)C(C)NC(=O)/C=C/c1ccc(OC)cc1. The molecule has 0 saturated heterocycles. The molecule has 1 aromatic carbocycles. The van der Waals surface area contributed by atoms with Crippen molar-refractivity contribution in [3.8, 4) is 5.75 Å². The van der Waals surface area contributed by atoms with Gasteiger partial charge in [0.25, 0.3) is 0 Å². The van der Waals surface area contributed by atoms with Crippen molar-refractivity contribution in [2.75, 3.05) is 7.11 Å². The maximum Gasteiger partial charge on any atom is 0.244 e. The zero-order chi connectivity index (χ0) is 18.9. The van der Waals surface area contributed by atoms with Crippen LogP contribution in [0.25, 0.3) is 6.08 Å². The zero-order valence-corrected chi connectivity index (χ0v) is 15.1. The average Bonchev–Trinajstić information content (AvgIpc) is 3.12. The van der Waals surface area contributed by atoms with Crippen LogP contribution >= 0.6 is 0 Å². The highest BCUT2D eigenvalue weighted by Gasteiger charge is 2.15. The Morgan fingerprint density at radius 2 is 2.04 bits per heavy atom. The highest BCUT2D eigenvalue weighted by Crippen LogP contribution is 2.12. The quantitative estimate of drug-likeness (QED) is 0.691. The van der Waals surface area contributed by atoms with Crippen LogP contribution in [-0.2, 0) is 22.7 Å². The number of amides is 2. The molecule has 8 nitrogen and oxygen atoms in total. The molecule has 26 heavy (non-hydrogen) atoms. The van der Waals surface area contributed by atoms with Gasteiger partial charge in [0.1, 0.15) is 18.1 Å². The Bertz CT molecular complexity index is 767. The molecule has 1 aromatic heterocycles. The Labute approximate surface area is 152 Å². The third-order valence-corrected chi connectivity index (χ3v) is 3.75. The topological polar surface area (TPSA) is 98.1 Å². The number of aromatic nitrogens is 3. The first-order valence-electron chi connectivity index (χ1n) is 8.30. The van der Waals surface area contributed by atoms with E-state index < -0.39 is 6.04 Å². The summed E-state index contributed by atoms with van der Waals surface area (Å²) >= 11 is 0. The molecule has 0 radical (unpaired) electrons. The third-order valence-electron chi connectivity index (χ3n) is 3.75. The van der Waals surface area contributed by atoms with Crippen molar-refractivity contribution in [2.45, 2.75) is 33.0 Å². The van der Waals surface area contributed by atoms with Gasteiger partial charge >= 0.3 is 0 Å². The molecule has 0 spiro atoms. The molecular formula is C18H23N5O3. The van der Waals surface area contributed by atoms with Gasteiger partial charge in [0.05, 0.1) is 13.7 Å². The molecule has 0 fully saturated rings. The van der Waals surface area contributed by atoms with Crippen LogP contribution in [0.4, 0.5) is 0 Å². The lowest BCUT2D eigenvalue weighted by Crippen LogP contribution is -2.44.